The third-order valence-electron chi connectivity index (χ3n) is 8.08. The highest BCUT2D eigenvalue weighted by atomic mass is 19.1. The van der Waals surface area contributed by atoms with Crippen LogP contribution in [0.25, 0.3) is 44.0 Å². The first-order chi connectivity index (χ1) is 21.0. The Bertz CT molecular complexity index is 1970. The molecular weight excluding hydrogens is 564 g/mol. The van der Waals surface area contributed by atoms with Gasteiger partial charge in [-0.25, -0.2) is 13.8 Å². The maximum absolute atomic E-state index is 16.4. The van der Waals surface area contributed by atoms with Gasteiger partial charge in [-0.3, -0.25) is 4.98 Å². The lowest BCUT2D eigenvalue weighted by atomic mass is 9.95. The molecule has 2 aromatic carbocycles. The average Bonchev–Trinajstić information content (AvgIpc) is 2.98. The first-order valence-electron chi connectivity index (χ1n) is 14.4. The molecule has 1 aliphatic rings. The van der Waals surface area contributed by atoms with Gasteiger partial charge in [0.25, 0.3) is 0 Å². The molecule has 5 aromatic rings. The van der Waals surface area contributed by atoms with Gasteiger partial charge < -0.3 is 24.9 Å². The van der Waals surface area contributed by atoms with Gasteiger partial charge in [0.05, 0.1) is 16.6 Å². The molecule has 1 atom stereocenters. The van der Waals surface area contributed by atoms with Crippen LogP contribution in [0.2, 0.25) is 0 Å². The third kappa shape index (κ3) is 5.31. The van der Waals surface area contributed by atoms with E-state index in [1.165, 1.54) is 30.5 Å². The second-order valence-electron chi connectivity index (χ2n) is 12.0. The summed E-state index contributed by atoms with van der Waals surface area (Å²) in [6.45, 7) is 4.28. The SMILES string of the molecule is C#Cc1c(F)ccc2cc(O)cc(-c3ncc4cc5c(N6CCCC(C)(O)C6)nc(N(C)CCN(C)C)nc5nc4c3F)c12. The molecule has 0 saturated carbocycles. The van der Waals surface area contributed by atoms with Gasteiger partial charge in [-0.2, -0.15) is 9.97 Å². The summed E-state index contributed by atoms with van der Waals surface area (Å²) in [4.78, 5) is 24.7. The van der Waals surface area contributed by atoms with E-state index in [2.05, 4.69) is 20.8 Å². The Morgan fingerprint density at radius 3 is 2.59 bits per heavy atom. The maximum atomic E-state index is 16.4. The van der Waals surface area contributed by atoms with Crippen LogP contribution in [0, 0.1) is 24.0 Å². The summed E-state index contributed by atoms with van der Waals surface area (Å²) < 4.78 is 31.2. The van der Waals surface area contributed by atoms with Crippen molar-refractivity contribution in [3.8, 4) is 29.4 Å². The van der Waals surface area contributed by atoms with Gasteiger partial charge in [0, 0.05) is 55.8 Å². The van der Waals surface area contributed by atoms with E-state index in [0.29, 0.717) is 54.0 Å². The Labute approximate surface area is 253 Å². The number of aromatic hydroxyl groups is 1. The van der Waals surface area contributed by atoms with Crippen LogP contribution in [0.4, 0.5) is 20.5 Å². The lowest BCUT2D eigenvalue weighted by Gasteiger charge is -2.38. The molecule has 6 rings (SSSR count). The molecule has 11 heteroatoms. The Morgan fingerprint density at radius 2 is 1.86 bits per heavy atom. The zero-order chi connectivity index (χ0) is 31.3. The molecule has 2 N–H and O–H groups in total. The molecular formula is C33H33F2N7O2. The van der Waals surface area contributed by atoms with Crippen molar-refractivity contribution in [2.45, 2.75) is 25.4 Å². The highest BCUT2D eigenvalue weighted by Crippen LogP contribution is 2.38. The molecule has 9 nitrogen and oxygen atoms in total. The standard InChI is InChI=1S/C33H33F2N7O2/c1-6-22-25(34)9-8-19-14-21(43)16-23(26(19)22)29-27(35)28-20(17-36-29)15-24-30(37-28)38-32(41(5)13-12-40(3)4)39-31(24)42-11-7-10-33(2,44)18-42/h1,8-9,14-17,43-44H,7,10-13,18H2,2-5H3. The number of benzene rings is 2. The van der Waals surface area contributed by atoms with Crippen molar-refractivity contribution in [2.24, 2.45) is 0 Å². The normalized spacial score (nSPS) is 17.1. The first kappa shape index (κ1) is 29.4. The summed E-state index contributed by atoms with van der Waals surface area (Å²) in [5.41, 5.74) is -0.624. The van der Waals surface area contributed by atoms with Crippen molar-refractivity contribution in [3.63, 3.8) is 0 Å². The van der Waals surface area contributed by atoms with Gasteiger partial charge in [0.15, 0.2) is 11.5 Å². The van der Waals surface area contributed by atoms with Gasteiger partial charge in [0.2, 0.25) is 5.95 Å². The number of phenols is 1. The fraction of sp³-hybridized carbons (Fsp3) is 0.333. The minimum atomic E-state index is -0.889. The van der Waals surface area contributed by atoms with Crippen molar-refractivity contribution in [3.05, 3.63) is 53.7 Å². The fourth-order valence-electron chi connectivity index (χ4n) is 5.82. The van der Waals surface area contributed by atoms with E-state index in [4.69, 9.17) is 16.4 Å². The highest BCUT2D eigenvalue weighted by Gasteiger charge is 2.31. The number of pyridine rings is 2. The minimum Gasteiger partial charge on any atom is -0.508 e. The lowest BCUT2D eigenvalue weighted by molar-refractivity contribution is 0.0448. The highest BCUT2D eigenvalue weighted by molar-refractivity contribution is 6.03. The van der Waals surface area contributed by atoms with E-state index in [1.54, 1.807) is 6.07 Å². The summed E-state index contributed by atoms with van der Waals surface area (Å²) in [5, 5.41) is 23.0. The van der Waals surface area contributed by atoms with Crippen molar-refractivity contribution >= 4 is 44.5 Å². The Hall–Kier alpha value is -4.66. The van der Waals surface area contributed by atoms with Gasteiger partial charge in [-0.1, -0.05) is 12.0 Å². The van der Waals surface area contributed by atoms with E-state index in [-0.39, 0.29) is 39.1 Å². The number of likely N-dealkylation sites (N-methyl/N-ethyl adjacent to an activating group) is 2. The predicted octanol–water partition coefficient (Wildman–Crippen LogP) is 4.71. The molecule has 1 fully saturated rings. The van der Waals surface area contributed by atoms with Crippen molar-refractivity contribution < 1.29 is 19.0 Å². The molecule has 226 valence electrons. The van der Waals surface area contributed by atoms with Crippen molar-refractivity contribution in [1.82, 2.24) is 24.8 Å². The van der Waals surface area contributed by atoms with Crippen molar-refractivity contribution in [1.29, 1.82) is 0 Å². The number of aliphatic hydroxyl groups is 1. The van der Waals surface area contributed by atoms with Crippen LogP contribution in [0.3, 0.4) is 0 Å². The molecule has 4 heterocycles. The van der Waals surface area contributed by atoms with Crippen LogP contribution < -0.4 is 9.80 Å². The summed E-state index contributed by atoms with van der Waals surface area (Å²) in [6, 6.07) is 7.21. The van der Waals surface area contributed by atoms with E-state index >= 15 is 4.39 Å². The van der Waals surface area contributed by atoms with Crippen LogP contribution in [0.5, 0.6) is 5.75 Å². The van der Waals surface area contributed by atoms with Crippen molar-refractivity contribution in [2.75, 3.05) is 57.1 Å². The Morgan fingerprint density at radius 1 is 1.07 bits per heavy atom. The van der Waals surface area contributed by atoms with Crippen LogP contribution >= 0.6 is 0 Å². The molecule has 0 aliphatic carbocycles. The lowest BCUT2D eigenvalue weighted by Crippen LogP contribution is -2.46. The molecule has 0 spiro atoms. The van der Waals surface area contributed by atoms with E-state index < -0.39 is 17.2 Å². The number of hydrogen-bond donors (Lipinski definition) is 2. The molecule has 1 saturated heterocycles. The molecule has 3 aromatic heterocycles. The summed E-state index contributed by atoms with van der Waals surface area (Å²) in [6.07, 6.45) is 8.58. The van der Waals surface area contributed by atoms with Crippen LogP contribution in [-0.4, -0.2) is 88.0 Å². The first-order valence-corrected chi connectivity index (χ1v) is 14.4. The number of rotatable bonds is 6. The number of nitrogens with zero attached hydrogens (tertiary/aromatic N) is 7. The van der Waals surface area contributed by atoms with Gasteiger partial charge in [-0.05, 0) is 63.5 Å². The molecule has 0 bridgehead atoms. The topological polar surface area (TPSA) is 102 Å². The average molecular weight is 598 g/mol. The number of hydrogen-bond acceptors (Lipinski definition) is 9. The number of halogens is 2. The monoisotopic (exact) mass is 597 g/mol. The van der Waals surface area contributed by atoms with Gasteiger partial charge in [0.1, 0.15) is 28.6 Å². The molecule has 0 amide bonds. The zero-order valence-electron chi connectivity index (χ0n) is 25.1. The van der Waals surface area contributed by atoms with E-state index in [1.807, 2.05) is 37.9 Å². The predicted molar refractivity (Wildman–Crippen MR) is 169 cm³/mol. The second kappa shape index (κ2) is 11.1. The molecule has 1 aliphatic heterocycles. The quantitative estimate of drug-likeness (QED) is 0.213. The smallest absolute Gasteiger partial charge is 0.229 e. The van der Waals surface area contributed by atoms with Crippen LogP contribution in [0.1, 0.15) is 25.3 Å². The number of β-amino-alcohol motifs (C(OH)–C–C–N with tert-alkyl or cyclic N) is 1. The number of fused-ring (bicyclic) bond motifs is 3. The maximum Gasteiger partial charge on any atom is 0.229 e. The number of piperidine rings is 1. The number of phenolic OH excluding ortho intramolecular Hbond substituents is 1. The minimum absolute atomic E-state index is 0.00911. The Balaban J connectivity index is 1.58. The van der Waals surface area contributed by atoms with Gasteiger partial charge >= 0.3 is 0 Å². The molecule has 1 unspecified atom stereocenters. The van der Waals surface area contributed by atoms with Crippen LogP contribution in [-0.2, 0) is 0 Å². The van der Waals surface area contributed by atoms with E-state index in [9.17, 15) is 14.6 Å². The summed E-state index contributed by atoms with van der Waals surface area (Å²) in [7, 11) is 5.85. The second-order valence-corrected chi connectivity index (χ2v) is 12.0. The number of anilines is 2. The van der Waals surface area contributed by atoms with Crippen LogP contribution in [0.15, 0.2) is 36.5 Å². The van der Waals surface area contributed by atoms with E-state index in [0.717, 1.165) is 13.0 Å². The molecule has 0 radical (unpaired) electrons. The molecule has 44 heavy (non-hydrogen) atoms. The Kier molecular flexibility index (Phi) is 7.43. The number of aromatic nitrogens is 4. The fourth-order valence-corrected chi connectivity index (χ4v) is 5.82. The van der Waals surface area contributed by atoms with Gasteiger partial charge in [-0.15, -0.1) is 6.42 Å². The third-order valence-corrected chi connectivity index (χ3v) is 8.08. The number of terminal acetylenes is 1. The largest absolute Gasteiger partial charge is 0.508 e. The zero-order valence-corrected chi connectivity index (χ0v) is 25.1. The summed E-state index contributed by atoms with van der Waals surface area (Å²) in [5.74, 6) is 1.85. The summed E-state index contributed by atoms with van der Waals surface area (Å²) >= 11 is 0.